The predicted molar refractivity (Wildman–Crippen MR) is 82.3 cm³/mol. The molecule has 3 N–H and O–H groups in total. The number of nitrogen functional groups attached to an aromatic ring is 1. The summed E-state index contributed by atoms with van der Waals surface area (Å²) in [7, 11) is 2.05. The zero-order valence-corrected chi connectivity index (χ0v) is 12.5. The Morgan fingerprint density at radius 1 is 1.35 bits per heavy atom. The molecule has 110 valence electrons. The molecule has 1 saturated carbocycles. The summed E-state index contributed by atoms with van der Waals surface area (Å²) in [6.07, 6.45) is 4.75. The Morgan fingerprint density at radius 3 is 2.45 bits per heavy atom. The van der Waals surface area contributed by atoms with Crippen molar-refractivity contribution >= 4 is 17.3 Å². The molecular formula is C16H24N2O2. The zero-order chi connectivity index (χ0) is 14.9. The molecule has 0 heterocycles. The summed E-state index contributed by atoms with van der Waals surface area (Å²) in [5.41, 5.74) is 8.17. The van der Waals surface area contributed by atoms with E-state index >= 15 is 0 Å². The van der Waals surface area contributed by atoms with Crippen LogP contribution in [-0.2, 0) is 0 Å². The van der Waals surface area contributed by atoms with Gasteiger partial charge in [0.05, 0.1) is 16.9 Å². The highest BCUT2D eigenvalue weighted by atomic mass is 16.4. The van der Waals surface area contributed by atoms with E-state index < -0.39 is 5.97 Å². The fourth-order valence-corrected chi connectivity index (χ4v) is 2.98. The maximum absolute atomic E-state index is 10.9. The lowest BCUT2D eigenvalue weighted by Crippen LogP contribution is -2.37. The Balaban J connectivity index is 2.13. The summed E-state index contributed by atoms with van der Waals surface area (Å²) in [6.45, 7) is 4.64. The van der Waals surface area contributed by atoms with E-state index in [0.29, 0.717) is 17.1 Å². The standard InChI is InChI=1S/C16H24N2O2/c1-16(2)8-6-12(7-9-16)18(3)14-5-4-11(15(19)20)10-13(14)17/h4-5,10,12H,6-9,17H2,1-3H3,(H,19,20). The molecule has 2 rings (SSSR count). The fraction of sp³-hybridized carbons (Fsp3) is 0.562. The molecule has 0 amide bonds. The maximum atomic E-state index is 10.9. The van der Waals surface area contributed by atoms with Crippen LogP contribution < -0.4 is 10.6 Å². The van der Waals surface area contributed by atoms with E-state index in [0.717, 1.165) is 18.5 Å². The summed E-state index contributed by atoms with van der Waals surface area (Å²) in [5, 5.41) is 8.98. The Kier molecular flexibility index (Phi) is 3.93. The van der Waals surface area contributed by atoms with Crippen LogP contribution in [0.1, 0.15) is 49.9 Å². The van der Waals surface area contributed by atoms with Crippen LogP contribution in [0.25, 0.3) is 0 Å². The van der Waals surface area contributed by atoms with Crippen molar-refractivity contribution in [1.82, 2.24) is 0 Å². The van der Waals surface area contributed by atoms with E-state index in [-0.39, 0.29) is 5.56 Å². The van der Waals surface area contributed by atoms with Gasteiger partial charge < -0.3 is 15.7 Å². The minimum absolute atomic E-state index is 0.240. The zero-order valence-electron chi connectivity index (χ0n) is 12.5. The Bertz CT molecular complexity index is 501. The molecule has 1 fully saturated rings. The second kappa shape index (κ2) is 5.35. The first-order chi connectivity index (χ1) is 9.30. The fourth-order valence-electron chi connectivity index (χ4n) is 2.98. The van der Waals surface area contributed by atoms with Crippen molar-refractivity contribution in [3.8, 4) is 0 Å². The summed E-state index contributed by atoms with van der Waals surface area (Å²) in [4.78, 5) is 13.1. The van der Waals surface area contributed by atoms with Crippen LogP contribution >= 0.6 is 0 Å². The molecule has 0 saturated heterocycles. The van der Waals surface area contributed by atoms with Gasteiger partial charge in [-0.1, -0.05) is 13.8 Å². The maximum Gasteiger partial charge on any atom is 0.335 e. The van der Waals surface area contributed by atoms with Gasteiger partial charge in [0, 0.05) is 13.1 Å². The van der Waals surface area contributed by atoms with Gasteiger partial charge in [0.1, 0.15) is 0 Å². The third kappa shape index (κ3) is 3.06. The molecular weight excluding hydrogens is 252 g/mol. The number of nitrogens with zero attached hydrogens (tertiary/aromatic N) is 1. The van der Waals surface area contributed by atoms with Crippen molar-refractivity contribution < 1.29 is 9.90 Å². The normalized spacial score (nSPS) is 18.8. The quantitative estimate of drug-likeness (QED) is 0.831. The number of nitrogens with two attached hydrogens (primary N) is 1. The molecule has 0 unspecified atom stereocenters. The van der Waals surface area contributed by atoms with Gasteiger partial charge in [-0.05, 0) is 49.3 Å². The van der Waals surface area contributed by atoms with Crippen molar-refractivity contribution in [2.24, 2.45) is 5.41 Å². The molecule has 4 nitrogen and oxygen atoms in total. The summed E-state index contributed by atoms with van der Waals surface area (Å²) in [5.74, 6) is -0.940. The van der Waals surface area contributed by atoms with E-state index in [1.165, 1.54) is 12.8 Å². The van der Waals surface area contributed by atoms with Crippen LogP contribution in [0.3, 0.4) is 0 Å². The van der Waals surface area contributed by atoms with E-state index in [1.807, 2.05) is 6.07 Å². The summed E-state index contributed by atoms with van der Waals surface area (Å²) in [6, 6.07) is 5.47. The van der Waals surface area contributed by atoms with Gasteiger partial charge >= 0.3 is 5.97 Å². The lowest BCUT2D eigenvalue weighted by atomic mass is 9.75. The van der Waals surface area contributed by atoms with Crippen LogP contribution in [0, 0.1) is 5.41 Å². The van der Waals surface area contributed by atoms with E-state index in [9.17, 15) is 4.79 Å². The van der Waals surface area contributed by atoms with Gasteiger partial charge in [-0.25, -0.2) is 4.79 Å². The minimum atomic E-state index is -0.940. The van der Waals surface area contributed by atoms with Crippen LogP contribution in [0.2, 0.25) is 0 Å². The molecule has 0 radical (unpaired) electrons. The van der Waals surface area contributed by atoms with E-state index in [2.05, 4.69) is 25.8 Å². The molecule has 1 aliphatic rings. The van der Waals surface area contributed by atoms with Crippen LogP contribution in [0.4, 0.5) is 11.4 Å². The third-order valence-corrected chi connectivity index (χ3v) is 4.51. The van der Waals surface area contributed by atoms with E-state index in [1.54, 1.807) is 12.1 Å². The van der Waals surface area contributed by atoms with Gasteiger partial charge in [0.25, 0.3) is 0 Å². The Hall–Kier alpha value is -1.71. The molecule has 4 heteroatoms. The molecule has 0 aliphatic heterocycles. The second-order valence-corrected chi connectivity index (χ2v) is 6.59. The number of benzene rings is 1. The first-order valence-corrected chi connectivity index (χ1v) is 7.16. The smallest absolute Gasteiger partial charge is 0.335 e. The predicted octanol–water partition coefficient (Wildman–Crippen LogP) is 3.37. The number of anilines is 2. The number of carboxylic acids is 1. The van der Waals surface area contributed by atoms with Crippen molar-refractivity contribution in [2.45, 2.75) is 45.6 Å². The number of carboxylic acid groups (broad SMARTS) is 1. The minimum Gasteiger partial charge on any atom is -0.478 e. The first-order valence-electron chi connectivity index (χ1n) is 7.16. The lowest BCUT2D eigenvalue weighted by Gasteiger charge is -2.40. The molecule has 0 atom stereocenters. The van der Waals surface area contributed by atoms with E-state index in [4.69, 9.17) is 10.8 Å². The Morgan fingerprint density at radius 2 is 1.95 bits per heavy atom. The van der Waals surface area contributed by atoms with Gasteiger partial charge in [-0.15, -0.1) is 0 Å². The monoisotopic (exact) mass is 276 g/mol. The van der Waals surface area contributed by atoms with Gasteiger partial charge in [-0.2, -0.15) is 0 Å². The largest absolute Gasteiger partial charge is 0.478 e. The van der Waals surface area contributed by atoms with Gasteiger partial charge in [0.15, 0.2) is 0 Å². The van der Waals surface area contributed by atoms with Crippen LogP contribution in [0.15, 0.2) is 18.2 Å². The average molecular weight is 276 g/mol. The van der Waals surface area contributed by atoms with Crippen molar-refractivity contribution in [3.05, 3.63) is 23.8 Å². The molecule has 0 aromatic heterocycles. The first kappa shape index (κ1) is 14.7. The molecule has 1 aromatic carbocycles. The van der Waals surface area contributed by atoms with Crippen LogP contribution in [0.5, 0.6) is 0 Å². The van der Waals surface area contributed by atoms with Gasteiger partial charge in [-0.3, -0.25) is 0 Å². The SMILES string of the molecule is CN(c1ccc(C(=O)O)cc1N)C1CCC(C)(C)CC1. The summed E-state index contributed by atoms with van der Waals surface area (Å²) < 4.78 is 0. The van der Waals surface area contributed by atoms with Crippen molar-refractivity contribution in [1.29, 1.82) is 0 Å². The number of aromatic carboxylic acids is 1. The average Bonchev–Trinajstić information content (AvgIpc) is 2.37. The summed E-state index contributed by atoms with van der Waals surface area (Å²) >= 11 is 0. The second-order valence-electron chi connectivity index (χ2n) is 6.59. The number of hydrogen-bond acceptors (Lipinski definition) is 3. The highest BCUT2D eigenvalue weighted by molar-refractivity contribution is 5.90. The number of rotatable bonds is 3. The van der Waals surface area contributed by atoms with Crippen molar-refractivity contribution in [3.63, 3.8) is 0 Å². The third-order valence-electron chi connectivity index (χ3n) is 4.51. The number of carbonyl (C=O) groups is 1. The lowest BCUT2D eigenvalue weighted by molar-refractivity contribution is 0.0697. The number of hydrogen-bond donors (Lipinski definition) is 2. The van der Waals surface area contributed by atoms with Crippen molar-refractivity contribution in [2.75, 3.05) is 17.7 Å². The van der Waals surface area contributed by atoms with Gasteiger partial charge in [0.2, 0.25) is 0 Å². The molecule has 20 heavy (non-hydrogen) atoms. The Labute approximate surface area is 120 Å². The highest BCUT2D eigenvalue weighted by Gasteiger charge is 2.29. The topological polar surface area (TPSA) is 66.6 Å². The van der Waals surface area contributed by atoms with Crippen LogP contribution in [-0.4, -0.2) is 24.2 Å². The molecule has 0 spiro atoms. The molecule has 1 aromatic rings. The molecule has 1 aliphatic carbocycles. The molecule has 0 bridgehead atoms. The highest BCUT2D eigenvalue weighted by Crippen LogP contribution is 2.38.